The predicted molar refractivity (Wildman–Crippen MR) is 69.3 cm³/mol. The number of rotatable bonds is 5. The van der Waals surface area contributed by atoms with Crippen molar-refractivity contribution in [3.8, 4) is 0 Å². The molecule has 0 aromatic carbocycles. The Morgan fingerprint density at radius 1 is 1.41 bits per heavy atom. The van der Waals surface area contributed by atoms with Crippen molar-refractivity contribution < 1.29 is 0 Å². The van der Waals surface area contributed by atoms with Gasteiger partial charge in [0.25, 0.3) is 5.56 Å². The van der Waals surface area contributed by atoms with Crippen LogP contribution in [0.2, 0.25) is 0 Å². The van der Waals surface area contributed by atoms with Gasteiger partial charge in [0.2, 0.25) is 0 Å². The van der Waals surface area contributed by atoms with Crippen molar-refractivity contribution in [1.29, 1.82) is 0 Å². The summed E-state index contributed by atoms with van der Waals surface area (Å²) in [7, 11) is 0. The highest BCUT2D eigenvalue weighted by Crippen LogP contribution is 2.16. The Morgan fingerprint density at radius 3 is 2.88 bits per heavy atom. The van der Waals surface area contributed by atoms with E-state index in [1.807, 2.05) is 0 Å². The lowest BCUT2D eigenvalue weighted by Crippen LogP contribution is -2.29. The zero-order valence-corrected chi connectivity index (χ0v) is 10.7. The summed E-state index contributed by atoms with van der Waals surface area (Å²) < 4.78 is 1.77. The second-order valence-corrected chi connectivity index (χ2v) is 5.00. The number of hydrogen-bond acceptors (Lipinski definition) is 2. The van der Waals surface area contributed by atoms with Crippen molar-refractivity contribution in [2.75, 3.05) is 13.1 Å². The van der Waals surface area contributed by atoms with E-state index in [-0.39, 0.29) is 5.56 Å². The van der Waals surface area contributed by atoms with Crippen LogP contribution in [0.4, 0.5) is 0 Å². The Kier molecular flexibility index (Phi) is 4.42. The molecule has 0 radical (unpaired) electrons. The van der Waals surface area contributed by atoms with E-state index in [9.17, 15) is 4.79 Å². The van der Waals surface area contributed by atoms with Gasteiger partial charge in [0, 0.05) is 18.3 Å². The first kappa shape index (κ1) is 12.4. The minimum Gasteiger partial charge on any atom is -0.317 e. The zero-order chi connectivity index (χ0) is 12.1. The molecule has 1 aliphatic heterocycles. The molecule has 1 aromatic rings. The van der Waals surface area contributed by atoms with Crippen LogP contribution in [0.1, 0.15) is 38.3 Å². The summed E-state index contributed by atoms with van der Waals surface area (Å²) in [5.74, 6) is 0.779. The fourth-order valence-corrected chi connectivity index (χ4v) is 2.53. The number of hydrogen-bond donors (Lipinski definition) is 2. The van der Waals surface area contributed by atoms with Crippen LogP contribution in [-0.2, 0) is 13.0 Å². The number of piperidine rings is 1. The van der Waals surface area contributed by atoms with Gasteiger partial charge in [-0.2, -0.15) is 0 Å². The molecular formula is C13H23N3O. The summed E-state index contributed by atoms with van der Waals surface area (Å²) in [4.78, 5) is 11.7. The third kappa shape index (κ3) is 3.46. The van der Waals surface area contributed by atoms with Gasteiger partial charge >= 0.3 is 0 Å². The van der Waals surface area contributed by atoms with Gasteiger partial charge in [-0.25, -0.2) is 0 Å². The van der Waals surface area contributed by atoms with Crippen LogP contribution in [0.5, 0.6) is 0 Å². The number of aromatic amines is 1. The van der Waals surface area contributed by atoms with E-state index >= 15 is 0 Å². The van der Waals surface area contributed by atoms with E-state index in [0.717, 1.165) is 50.5 Å². The molecule has 0 spiro atoms. The SMILES string of the molecule is CCCc1cc(=O)n(CCC2CCNCC2)[nH]1. The topological polar surface area (TPSA) is 49.8 Å². The number of H-pyrrole nitrogens is 1. The van der Waals surface area contributed by atoms with E-state index in [4.69, 9.17) is 0 Å². The van der Waals surface area contributed by atoms with E-state index in [1.54, 1.807) is 10.7 Å². The quantitative estimate of drug-likeness (QED) is 0.815. The second kappa shape index (κ2) is 6.05. The second-order valence-electron chi connectivity index (χ2n) is 5.00. The number of nitrogens with zero attached hydrogens (tertiary/aromatic N) is 1. The number of nitrogens with one attached hydrogen (secondary N) is 2. The Bertz CT molecular complexity index is 388. The molecular weight excluding hydrogens is 214 g/mol. The average molecular weight is 237 g/mol. The van der Waals surface area contributed by atoms with Gasteiger partial charge in [-0.05, 0) is 44.7 Å². The molecule has 4 heteroatoms. The van der Waals surface area contributed by atoms with E-state index in [1.165, 1.54) is 12.8 Å². The molecule has 1 aromatic heterocycles. The number of aromatic nitrogens is 2. The Balaban J connectivity index is 1.87. The lowest BCUT2D eigenvalue weighted by atomic mass is 9.95. The van der Waals surface area contributed by atoms with Crippen LogP contribution < -0.4 is 10.9 Å². The van der Waals surface area contributed by atoms with Gasteiger partial charge in [0.1, 0.15) is 0 Å². The summed E-state index contributed by atoms with van der Waals surface area (Å²) >= 11 is 0. The Hall–Kier alpha value is -1.03. The Morgan fingerprint density at radius 2 is 2.18 bits per heavy atom. The van der Waals surface area contributed by atoms with Crippen molar-refractivity contribution in [1.82, 2.24) is 15.1 Å². The summed E-state index contributed by atoms with van der Waals surface area (Å²) in [6.07, 6.45) is 5.66. The highest BCUT2D eigenvalue weighted by molar-refractivity contribution is 4.99. The summed E-state index contributed by atoms with van der Waals surface area (Å²) in [5, 5.41) is 6.58. The van der Waals surface area contributed by atoms with Crippen LogP contribution in [0.25, 0.3) is 0 Å². The van der Waals surface area contributed by atoms with Gasteiger partial charge in [-0.1, -0.05) is 13.3 Å². The third-order valence-corrected chi connectivity index (χ3v) is 3.58. The lowest BCUT2D eigenvalue weighted by Gasteiger charge is -2.22. The van der Waals surface area contributed by atoms with Crippen LogP contribution >= 0.6 is 0 Å². The normalized spacial score (nSPS) is 17.5. The molecule has 2 heterocycles. The van der Waals surface area contributed by atoms with Gasteiger partial charge in [-0.3, -0.25) is 14.6 Å². The van der Waals surface area contributed by atoms with Crippen LogP contribution in [0.3, 0.4) is 0 Å². The largest absolute Gasteiger partial charge is 0.317 e. The van der Waals surface area contributed by atoms with Gasteiger partial charge < -0.3 is 5.32 Å². The van der Waals surface area contributed by atoms with E-state index in [2.05, 4.69) is 17.3 Å². The van der Waals surface area contributed by atoms with Crippen molar-refractivity contribution in [3.05, 3.63) is 22.1 Å². The molecule has 17 heavy (non-hydrogen) atoms. The molecule has 2 N–H and O–H groups in total. The van der Waals surface area contributed by atoms with Crippen molar-refractivity contribution in [2.45, 2.75) is 45.6 Å². The highest BCUT2D eigenvalue weighted by atomic mass is 16.1. The molecule has 1 saturated heterocycles. The molecule has 96 valence electrons. The molecule has 2 rings (SSSR count). The maximum atomic E-state index is 11.7. The first-order valence-electron chi connectivity index (χ1n) is 6.79. The summed E-state index contributed by atoms with van der Waals surface area (Å²) in [6, 6.07) is 1.74. The molecule has 1 aliphatic rings. The molecule has 0 saturated carbocycles. The summed E-state index contributed by atoms with van der Waals surface area (Å²) in [5.41, 5.74) is 1.20. The molecule has 0 amide bonds. The molecule has 4 nitrogen and oxygen atoms in total. The maximum absolute atomic E-state index is 11.7. The van der Waals surface area contributed by atoms with Gasteiger partial charge in [0.15, 0.2) is 0 Å². The van der Waals surface area contributed by atoms with E-state index < -0.39 is 0 Å². The fraction of sp³-hybridized carbons (Fsp3) is 0.769. The molecule has 0 aliphatic carbocycles. The fourth-order valence-electron chi connectivity index (χ4n) is 2.53. The molecule has 0 unspecified atom stereocenters. The van der Waals surface area contributed by atoms with Crippen molar-refractivity contribution in [3.63, 3.8) is 0 Å². The highest BCUT2D eigenvalue weighted by Gasteiger charge is 2.13. The van der Waals surface area contributed by atoms with Crippen LogP contribution in [-0.4, -0.2) is 22.9 Å². The van der Waals surface area contributed by atoms with Crippen LogP contribution in [0.15, 0.2) is 10.9 Å². The maximum Gasteiger partial charge on any atom is 0.266 e. The molecule has 1 fully saturated rings. The first-order valence-corrected chi connectivity index (χ1v) is 6.79. The van der Waals surface area contributed by atoms with Crippen molar-refractivity contribution in [2.24, 2.45) is 5.92 Å². The number of aryl methyl sites for hydroxylation is 2. The Labute approximate surface area is 102 Å². The third-order valence-electron chi connectivity index (χ3n) is 3.58. The monoisotopic (exact) mass is 237 g/mol. The van der Waals surface area contributed by atoms with E-state index in [0.29, 0.717) is 0 Å². The van der Waals surface area contributed by atoms with Gasteiger partial charge in [-0.15, -0.1) is 0 Å². The summed E-state index contributed by atoms with van der Waals surface area (Å²) in [6.45, 7) is 5.23. The van der Waals surface area contributed by atoms with Crippen LogP contribution in [0, 0.1) is 5.92 Å². The van der Waals surface area contributed by atoms with Gasteiger partial charge in [0.05, 0.1) is 0 Å². The predicted octanol–water partition coefficient (Wildman–Crippen LogP) is 1.52. The smallest absolute Gasteiger partial charge is 0.266 e. The van der Waals surface area contributed by atoms with Crippen molar-refractivity contribution >= 4 is 0 Å². The molecule has 0 atom stereocenters. The molecule has 0 bridgehead atoms. The lowest BCUT2D eigenvalue weighted by molar-refractivity contribution is 0.330. The standard InChI is InChI=1S/C13H23N3O/c1-2-3-12-10-13(17)16(15-12)9-6-11-4-7-14-8-5-11/h10-11,14-15H,2-9H2,1H3. The average Bonchev–Trinajstić information content (AvgIpc) is 2.69. The first-order chi connectivity index (χ1) is 8.29. The minimum atomic E-state index is 0.127. The zero-order valence-electron chi connectivity index (χ0n) is 10.7. The minimum absolute atomic E-state index is 0.127.